The zero-order chi connectivity index (χ0) is 21.4. The quantitative estimate of drug-likeness (QED) is 0.558. The fourth-order valence-electron chi connectivity index (χ4n) is 3.81. The van der Waals surface area contributed by atoms with Crippen LogP contribution in [0, 0.1) is 5.92 Å². The molecule has 0 N–H and O–H groups in total. The van der Waals surface area contributed by atoms with Gasteiger partial charge in [0.05, 0.1) is 18.5 Å². The molecule has 1 atom stereocenters. The highest BCUT2D eigenvalue weighted by molar-refractivity contribution is 7.86. The molecule has 0 radical (unpaired) electrons. The predicted octanol–water partition coefficient (Wildman–Crippen LogP) is 5.85. The van der Waals surface area contributed by atoms with E-state index in [1.54, 1.807) is 12.1 Å². The molecule has 1 aliphatic carbocycles. The summed E-state index contributed by atoms with van der Waals surface area (Å²) in [5, 5.41) is 0.373. The van der Waals surface area contributed by atoms with Crippen molar-refractivity contribution < 1.29 is 30.5 Å². The van der Waals surface area contributed by atoms with Crippen molar-refractivity contribution in [2.24, 2.45) is 5.92 Å². The third-order valence-corrected chi connectivity index (χ3v) is 5.97. The van der Waals surface area contributed by atoms with Gasteiger partial charge >= 0.3 is 6.18 Å². The molecule has 0 aliphatic heterocycles. The van der Waals surface area contributed by atoms with E-state index in [-0.39, 0.29) is 17.2 Å². The number of rotatable bonds is 5. The van der Waals surface area contributed by atoms with Crippen LogP contribution < -0.4 is 4.74 Å². The summed E-state index contributed by atoms with van der Waals surface area (Å²) in [7, 11) is -3.74. The van der Waals surface area contributed by atoms with Gasteiger partial charge in [0.25, 0.3) is 10.1 Å². The van der Waals surface area contributed by atoms with Crippen molar-refractivity contribution in [3.63, 3.8) is 0 Å². The molecule has 3 rings (SSSR count). The largest absolute Gasteiger partial charge is 0.490 e. The van der Waals surface area contributed by atoms with Crippen LogP contribution in [0.4, 0.5) is 13.2 Å². The maximum absolute atomic E-state index is 14.0. The number of alkyl halides is 3. The highest BCUT2D eigenvalue weighted by Gasteiger charge is 2.37. The molecule has 0 spiro atoms. The van der Waals surface area contributed by atoms with Crippen molar-refractivity contribution in [3.05, 3.63) is 41.5 Å². The Kier molecular flexibility index (Phi) is 6.15. The Morgan fingerprint density at radius 3 is 2.28 bits per heavy atom. The summed E-state index contributed by atoms with van der Waals surface area (Å²) >= 11 is 0. The van der Waals surface area contributed by atoms with E-state index in [9.17, 15) is 21.6 Å². The van der Waals surface area contributed by atoms with Crippen LogP contribution in [0.15, 0.2) is 30.3 Å². The lowest BCUT2D eigenvalue weighted by Gasteiger charge is -2.28. The lowest BCUT2D eigenvalue weighted by Crippen LogP contribution is -2.24. The summed E-state index contributed by atoms with van der Waals surface area (Å²) in [5.41, 5.74) is -0.487. The van der Waals surface area contributed by atoms with Crippen molar-refractivity contribution in [1.29, 1.82) is 0 Å². The van der Waals surface area contributed by atoms with Gasteiger partial charge in [-0.3, -0.25) is 4.18 Å². The Morgan fingerprint density at radius 2 is 1.69 bits per heavy atom. The molecule has 1 aliphatic rings. The zero-order valence-electron chi connectivity index (χ0n) is 16.6. The van der Waals surface area contributed by atoms with E-state index in [1.165, 1.54) is 25.1 Å². The van der Waals surface area contributed by atoms with Gasteiger partial charge in [0.1, 0.15) is 11.3 Å². The van der Waals surface area contributed by atoms with Gasteiger partial charge in [0, 0.05) is 0 Å². The third kappa shape index (κ3) is 5.42. The SMILES string of the molecule is CC(OS(C)(=O)=O)c1ccc2ccc(O[C@H]3CC[C@@H](C)CC3)c(C(F)(F)F)c2c1. The molecule has 8 heteroatoms. The van der Waals surface area contributed by atoms with Gasteiger partial charge in [-0.25, -0.2) is 0 Å². The van der Waals surface area contributed by atoms with E-state index in [0.717, 1.165) is 31.9 Å². The molecule has 1 fully saturated rings. The number of halogens is 3. The first kappa shape index (κ1) is 21.9. The second kappa shape index (κ2) is 8.14. The second-order valence-corrected chi connectivity index (χ2v) is 9.46. The molecular formula is C21H25F3O4S. The lowest BCUT2D eigenvalue weighted by molar-refractivity contribution is -0.138. The number of hydrogen-bond donors (Lipinski definition) is 0. The van der Waals surface area contributed by atoms with Gasteiger partial charge in [0.15, 0.2) is 0 Å². The number of benzene rings is 2. The topological polar surface area (TPSA) is 52.6 Å². The summed E-state index contributed by atoms with van der Waals surface area (Å²) in [6.45, 7) is 3.62. The third-order valence-electron chi connectivity index (χ3n) is 5.34. The van der Waals surface area contributed by atoms with Crippen LogP contribution in [-0.2, 0) is 20.5 Å². The van der Waals surface area contributed by atoms with E-state index in [2.05, 4.69) is 6.92 Å². The van der Waals surface area contributed by atoms with Crippen molar-refractivity contribution in [2.45, 2.75) is 57.9 Å². The Balaban J connectivity index is 2.03. The minimum absolute atomic E-state index is 0.0272. The summed E-state index contributed by atoms with van der Waals surface area (Å²) in [5.74, 6) is 0.380. The van der Waals surface area contributed by atoms with E-state index in [0.29, 0.717) is 16.9 Å². The summed E-state index contributed by atoms with van der Waals surface area (Å²) in [6, 6.07) is 7.41. The molecule has 1 unspecified atom stereocenters. The molecule has 29 heavy (non-hydrogen) atoms. The monoisotopic (exact) mass is 430 g/mol. The molecule has 0 heterocycles. The van der Waals surface area contributed by atoms with Crippen LogP contribution in [-0.4, -0.2) is 20.8 Å². The molecule has 0 amide bonds. The molecule has 1 saturated carbocycles. The molecule has 160 valence electrons. The van der Waals surface area contributed by atoms with Crippen LogP contribution >= 0.6 is 0 Å². The predicted molar refractivity (Wildman–Crippen MR) is 105 cm³/mol. The molecule has 0 bridgehead atoms. The number of ether oxygens (including phenoxy) is 1. The second-order valence-electron chi connectivity index (χ2n) is 7.86. The number of hydrogen-bond acceptors (Lipinski definition) is 4. The highest BCUT2D eigenvalue weighted by atomic mass is 32.2. The zero-order valence-corrected chi connectivity index (χ0v) is 17.4. The average molecular weight is 430 g/mol. The average Bonchev–Trinajstić information content (AvgIpc) is 2.60. The summed E-state index contributed by atoms with van der Waals surface area (Å²) in [6.07, 6.45) is -1.51. The molecule has 0 aromatic heterocycles. The molecule has 4 nitrogen and oxygen atoms in total. The van der Waals surface area contributed by atoms with Crippen LogP contribution in [0.25, 0.3) is 10.8 Å². The fourth-order valence-corrected chi connectivity index (χ4v) is 4.44. The minimum atomic E-state index is -4.61. The Labute approximate surface area is 169 Å². The highest BCUT2D eigenvalue weighted by Crippen LogP contribution is 2.43. The molecule has 2 aromatic rings. The Bertz CT molecular complexity index is 977. The maximum Gasteiger partial charge on any atom is 0.420 e. The smallest absolute Gasteiger partial charge is 0.420 e. The van der Waals surface area contributed by atoms with Gasteiger partial charge in [-0.15, -0.1) is 0 Å². The normalized spacial score (nSPS) is 21.9. The van der Waals surface area contributed by atoms with Crippen LogP contribution in [0.1, 0.15) is 56.8 Å². The van der Waals surface area contributed by atoms with Crippen LogP contribution in [0.5, 0.6) is 5.75 Å². The first-order valence-electron chi connectivity index (χ1n) is 9.63. The molecule has 2 aromatic carbocycles. The van der Waals surface area contributed by atoms with Crippen molar-refractivity contribution in [1.82, 2.24) is 0 Å². The standard InChI is InChI=1S/C21H25F3O4S/c1-13-4-9-17(10-5-13)27-19-11-8-15-6-7-16(14(2)28-29(3,25)26)12-18(15)20(19)21(22,23)24/h6-8,11-14,17H,4-5,9-10H2,1-3H3/t13-,14?,17+. The van der Waals surface area contributed by atoms with E-state index < -0.39 is 28.0 Å². The van der Waals surface area contributed by atoms with Gasteiger partial charge in [-0.05, 0) is 67.0 Å². The Morgan fingerprint density at radius 1 is 1.07 bits per heavy atom. The minimum Gasteiger partial charge on any atom is -0.490 e. The van der Waals surface area contributed by atoms with Crippen molar-refractivity contribution >= 4 is 20.9 Å². The number of fused-ring (bicyclic) bond motifs is 1. The van der Waals surface area contributed by atoms with Crippen molar-refractivity contribution in [3.8, 4) is 5.75 Å². The van der Waals surface area contributed by atoms with E-state index >= 15 is 0 Å². The van der Waals surface area contributed by atoms with E-state index in [1.807, 2.05) is 0 Å². The lowest BCUT2D eigenvalue weighted by atomic mass is 9.89. The van der Waals surface area contributed by atoms with Gasteiger partial charge in [-0.1, -0.05) is 25.1 Å². The first-order valence-corrected chi connectivity index (χ1v) is 11.4. The van der Waals surface area contributed by atoms with Gasteiger partial charge in [-0.2, -0.15) is 21.6 Å². The Hall–Kier alpha value is -1.80. The maximum atomic E-state index is 14.0. The molecule has 0 saturated heterocycles. The summed E-state index contributed by atoms with van der Waals surface area (Å²) in [4.78, 5) is 0. The summed E-state index contributed by atoms with van der Waals surface area (Å²) < 4.78 is 75.5. The van der Waals surface area contributed by atoms with Gasteiger partial charge in [0.2, 0.25) is 0 Å². The first-order chi connectivity index (χ1) is 13.4. The van der Waals surface area contributed by atoms with Crippen LogP contribution in [0.3, 0.4) is 0 Å². The van der Waals surface area contributed by atoms with Crippen molar-refractivity contribution in [2.75, 3.05) is 6.26 Å². The van der Waals surface area contributed by atoms with Gasteiger partial charge < -0.3 is 4.74 Å². The fraction of sp³-hybridized carbons (Fsp3) is 0.524. The molecular weight excluding hydrogens is 405 g/mol. The van der Waals surface area contributed by atoms with Crippen LogP contribution in [0.2, 0.25) is 0 Å². The van der Waals surface area contributed by atoms with E-state index in [4.69, 9.17) is 8.92 Å².